The first-order valence-electron chi connectivity index (χ1n) is 25.4. The lowest BCUT2D eigenvalue weighted by molar-refractivity contribution is -0.138. The van der Waals surface area contributed by atoms with Gasteiger partial charge in [0.1, 0.15) is 35.3 Å². The molecule has 11 rings (SSSR count). The number of fused-ring (bicyclic) bond motifs is 5. The van der Waals surface area contributed by atoms with Gasteiger partial charge in [0, 0.05) is 40.7 Å². The molecule has 4 amide bonds. The number of thiazole rings is 1. The summed E-state index contributed by atoms with van der Waals surface area (Å²) >= 11 is 1.62. The van der Waals surface area contributed by atoms with E-state index in [1.165, 1.54) is 25.2 Å². The molecule has 2 unspecified atom stereocenters. The second kappa shape index (κ2) is 19.6. The number of nitrogens with zero attached hydrogens (tertiary/aromatic N) is 6. The molecule has 18 nitrogen and oxygen atoms in total. The Balaban J connectivity index is 0.893. The number of amides is 4. The summed E-state index contributed by atoms with van der Waals surface area (Å²) in [6.45, 7) is 8.76. The first-order valence-corrected chi connectivity index (χ1v) is 26.3. The van der Waals surface area contributed by atoms with Gasteiger partial charge in [0.25, 0.3) is 0 Å². The van der Waals surface area contributed by atoms with Gasteiger partial charge < -0.3 is 49.3 Å². The summed E-state index contributed by atoms with van der Waals surface area (Å²) in [5.41, 5.74) is 4.52. The number of hydrogen-bond acceptors (Lipinski definition) is 12. The van der Waals surface area contributed by atoms with Crippen LogP contribution >= 0.6 is 11.3 Å². The molecule has 4 N–H and O–H groups in total. The van der Waals surface area contributed by atoms with E-state index in [0.29, 0.717) is 84.6 Å². The maximum absolute atomic E-state index is 17.0. The Morgan fingerprint density at radius 1 is 0.795 bits per heavy atom. The van der Waals surface area contributed by atoms with Gasteiger partial charge in [-0.05, 0) is 113 Å². The molecule has 73 heavy (non-hydrogen) atoms. The maximum atomic E-state index is 17.0. The molecule has 0 spiro atoms. The number of alkyl carbamates (subject to hydrolysis) is 2. The minimum absolute atomic E-state index is 0.0524. The minimum atomic E-state index is -0.776. The molecule has 1 saturated carbocycles. The summed E-state index contributed by atoms with van der Waals surface area (Å²) < 4.78 is 41.6. The summed E-state index contributed by atoms with van der Waals surface area (Å²) in [6.07, 6.45) is 9.70. The number of ether oxygens (including phenoxy) is 4. The van der Waals surface area contributed by atoms with Crippen LogP contribution in [-0.4, -0.2) is 115 Å². The number of benzene rings is 2. The highest BCUT2D eigenvalue weighted by Gasteiger charge is 2.43. The molecule has 8 heterocycles. The number of aromatic amines is 2. The molecule has 0 radical (unpaired) electrons. The summed E-state index contributed by atoms with van der Waals surface area (Å²) in [7, 11) is 2.57. The van der Waals surface area contributed by atoms with Crippen LogP contribution in [0.5, 0.6) is 5.75 Å². The fraction of sp³-hybridized carbons (Fsp3) is 0.491. The number of methoxy groups -OCH3 is 2. The highest BCUT2D eigenvalue weighted by atomic mass is 32.1. The van der Waals surface area contributed by atoms with Gasteiger partial charge in [-0.2, -0.15) is 0 Å². The molecule has 4 fully saturated rings. The molecule has 0 bridgehead atoms. The molecule has 8 atom stereocenters. The van der Waals surface area contributed by atoms with Crippen LogP contribution < -0.4 is 15.4 Å². The van der Waals surface area contributed by atoms with E-state index in [9.17, 15) is 19.2 Å². The van der Waals surface area contributed by atoms with Crippen LogP contribution in [0.3, 0.4) is 0 Å². The van der Waals surface area contributed by atoms with Crippen LogP contribution in [-0.2, 0) is 23.8 Å². The second-order valence-corrected chi connectivity index (χ2v) is 21.6. The van der Waals surface area contributed by atoms with Gasteiger partial charge in [0.05, 0.1) is 79.1 Å². The average Bonchev–Trinajstić information content (AvgIpc) is 4.10. The van der Waals surface area contributed by atoms with Crippen molar-refractivity contribution >= 4 is 46.2 Å². The molecule has 1 aliphatic carbocycles. The van der Waals surface area contributed by atoms with Crippen molar-refractivity contribution < 1.29 is 42.5 Å². The van der Waals surface area contributed by atoms with Gasteiger partial charge in [0.15, 0.2) is 5.01 Å². The van der Waals surface area contributed by atoms with Crippen LogP contribution in [0.2, 0.25) is 0 Å². The summed E-state index contributed by atoms with van der Waals surface area (Å²) in [5, 5.41) is 7.17. The van der Waals surface area contributed by atoms with Crippen LogP contribution in [0.15, 0.2) is 55.0 Å². The fourth-order valence-electron chi connectivity index (χ4n) is 11.5. The molecule has 6 aromatic rings. The van der Waals surface area contributed by atoms with E-state index in [1.54, 1.807) is 28.6 Å². The van der Waals surface area contributed by atoms with Gasteiger partial charge in [-0.15, -0.1) is 11.3 Å². The monoisotopic (exact) mass is 1020 g/mol. The smallest absolute Gasteiger partial charge is 0.407 e. The molecule has 4 aliphatic heterocycles. The molecule has 2 aromatic carbocycles. The zero-order valence-corrected chi connectivity index (χ0v) is 42.6. The van der Waals surface area contributed by atoms with E-state index >= 15 is 4.39 Å². The summed E-state index contributed by atoms with van der Waals surface area (Å²) in [6, 6.07) is 9.15. The Hall–Kier alpha value is -6.80. The number of carbonyl (C=O) groups excluding carboxylic acids is 4. The molecule has 3 saturated heterocycles. The third kappa shape index (κ3) is 9.21. The van der Waals surface area contributed by atoms with Crippen LogP contribution in [0.25, 0.3) is 44.7 Å². The highest BCUT2D eigenvalue weighted by Crippen LogP contribution is 2.50. The fourth-order valence-corrected chi connectivity index (χ4v) is 12.6. The van der Waals surface area contributed by atoms with Gasteiger partial charge in [0.2, 0.25) is 18.0 Å². The number of likely N-dealkylation sites (tertiary alicyclic amines) is 2. The number of aromatic nitrogens is 6. The largest absolute Gasteiger partial charge is 0.462 e. The Bertz CT molecular complexity index is 3080. The van der Waals surface area contributed by atoms with E-state index in [1.807, 2.05) is 67.6 Å². The van der Waals surface area contributed by atoms with E-state index in [0.717, 1.165) is 52.9 Å². The molecular weight excluding hydrogens is 956 g/mol. The lowest BCUT2D eigenvalue weighted by Gasteiger charge is -2.38. The second-order valence-electron chi connectivity index (χ2n) is 20.6. The Labute approximate surface area is 425 Å². The Kier molecular flexibility index (Phi) is 13.0. The van der Waals surface area contributed by atoms with E-state index in [2.05, 4.69) is 26.7 Å². The third-order valence-corrected chi connectivity index (χ3v) is 16.4. The molecule has 4 aromatic heterocycles. The number of hydrogen-bond donors (Lipinski definition) is 4. The van der Waals surface area contributed by atoms with Gasteiger partial charge in [-0.3, -0.25) is 14.2 Å². The Morgan fingerprint density at radius 3 is 2.08 bits per heavy atom. The number of halogens is 1. The number of carbonyl (C=O) groups is 4. The van der Waals surface area contributed by atoms with Crippen molar-refractivity contribution in [2.45, 2.75) is 128 Å². The number of rotatable bonds is 12. The van der Waals surface area contributed by atoms with Crippen molar-refractivity contribution in [2.75, 3.05) is 27.3 Å². The molecule has 384 valence electrons. The standard InChI is InChI=1S/C53H61FN10O8S/c1-26(2)44(60-52(67)69-5)49(65)62-15-7-9-38(62)47-56-24-36(59-47)31-20-34(54)43-40-21-32-19-30(13-14-37(32)64(40)51(72-41(43)22-31)48-57-25-42(73-48)29-11-12-29)35-23-55-46(58-35)39-10-8-16-63(39)50(66)45(61-53(68)70-6)33-17-27(3)71-28(4)18-33/h13-14,19-29,33,38-39,44-45,51H,7-12,15-18H2,1-6H3,(H,55,58)(H,56,59)(H,60,67)(H,61,68)/t27-,28+,33?,38-,39-,44-,45-,51?/m0/s1. The van der Waals surface area contributed by atoms with Crippen LogP contribution in [0.4, 0.5) is 14.0 Å². The van der Waals surface area contributed by atoms with E-state index < -0.39 is 36.3 Å². The maximum Gasteiger partial charge on any atom is 0.407 e. The van der Waals surface area contributed by atoms with Crippen molar-refractivity contribution in [3.8, 4) is 39.5 Å². The lowest BCUT2D eigenvalue weighted by atomic mass is 9.85. The first-order chi connectivity index (χ1) is 35.3. The van der Waals surface area contributed by atoms with Crippen molar-refractivity contribution in [3.05, 3.63) is 82.3 Å². The SMILES string of the molecule is COC(=O)N[C@H](C(=O)N1CCC[C@H]1c1ncc(-c2cc(F)c3c(c2)OC(c2ncc(C4CC4)s2)n2c-3cc3cc(-c4cnc([C@@H]5CCCN5C(=O)[C@@H](NC(=O)OC)C5C[C@@H](C)O[C@@H](C)C5)[nH]4)ccc32)[nH]1)C(C)C. The molecule has 20 heteroatoms. The zero-order chi connectivity index (χ0) is 50.8. The molecular formula is C53H61FN10O8S. The van der Waals surface area contributed by atoms with Gasteiger partial charge in [-0.25, -0.2) is 28.9 Å². The van der Waals surface area contributed by atoms with Crippen LogP contribution in [0, 0.1) is 17.7 Å². The predicted molar refractivity (Wildman–Crippen MR) is 269 cm³/mol. The van der Waals surface area contributed by atoms with E-state index in [-0.39, 0.29) is 47.9 Å². The zero-order valence-electron chi connectivity index (χ0n) is 41.8. The highest BCUT2D eigenvalue weighted by molar-refractivity contribution is 7.11. The topological polar surface area (TPSA) is 211 Å². The average molecular weight is 1020 g/mol. The minimum Gasteiger partial charge on any atom is -0.462 e. The van der Waals surface area contributed by atoms with E-state index in [4.69, 9.17) is 33.9 Å². The van der Waals surface area contributed by atoms with Crippen molar-refractivity contribution in [3.63, 3.8) is 0 Å². The Morgan fingerprint density at radius 2 is 1.44 bits per heavy atom. The normalized spacial score (nSPS) is 23.5. The van der Waals surface area contributed by atoms with Crippen LogP contribution in [0.1, 0.15) is 125 Å². The third-order valence-electron chi connectivity index (χ3n) is 15.2. The number of H-pyrrole nitrogens is 2. The van der Waals surface area contributed by atoms with Crippen molar-refractivity contribution in [2.24, 2.45) is 11.8 Å². The van der Waals surface area contributed by atoms with Crippen molar-refractivity contribution in [1.82, 2.24) is 49.9 Å². The molecule has 5 aliphatic rings. The number of imidazole rings is 2. The van der Waals surface area contributed by atoms with Gasteiger partial charge in [-0.1, -0.05) is 19.9 Å². The summed E-state index contributed by atoms with van der Waals surface area (Å²) in [4.78, 5) is 79.2. The lowest BCUT2D eigenvalue weighted by Crippen LogP contribution is -2.54. The van der Waals surface area contributed by atoms with Crippen molar-refractivity contribution in [1.29, 1.82) is 0 Å². The first kappa shape index (κ1) is 48.5. The number of nitrogens with one attached hydrogen (secondary N) is 4. The quantitative estimate of drug-likeness (QED) is 0.0908. The van der Waals surface area contributed by atoms with Gasteiger partial charge >= 0.3 is 12.2 Å². The predicted octanol–water partition coefficient (Wildman–Crippen LogP) is 9.14. The summed E-state index contributed by atoms with van der Waals surface area (Å²) in [5.74, 6) is 0.915.